The van der Waals surface area contributed by atoms with Crippen molar-refractivity contribution in [1.82, 2.24) is 0 Å². The fourth-order valence-corrected chi connectivity index (χ4v) is 1.41. The molecule has 0 aliphatic heterocycles. The molecule has 0 bridgehead atoms. The van der Waals surface area contributed by atoms with Gasteiger partial charge < -0.3 is 4.74 Å². The van der Waals surface area contributed by atoms with Crippen molar-refractivity contribution in [3.8, 4) is 17.9 Å². The Kier molecular flexibility index (Phi) is 3.71. The minimum atomic E-state index is -0.610. The summed E-state index contributed by atoms with van der Waals surface area (Å²) < 4.78 is 5.17. The van der Waals surface area contributed by atoms with Crippen molar-refractivity contribution in [2.24, 2.45) is 5.92 Å². The van der Waals surface area contributed by atoms with E-state index in [1.807, 2.05) is 37.3 Å². The second kappa shape index (κ2) is 5.02. The van der Waals surface area contributed by atoms with E-state index in [1.165, 1.54) is 0 Å². The summed E-state index contributed by atoms with van der Waals surface area (Å²) in [6.07, 6.45) is 0.415. The van der Waals surface area contributed by atoms with Crippen LogP contribution >= 0.6 is 0 Å². The van der Waals surface area contributed by atoms with Crippen molar-refractivity contribution in [3.05, 3.63) is 29.3 Å². The first-order chi connectivity index (χ1) is 7.21. The van der Waals surface area contributed by atoms with Gasteiger partial charge in [0.1, 0.15) is 11.7 Å². The number of nitriles is 2. The van der Waals surface area contributed by atoms with E-state index in [-0.39, 0.29) is 0 Å². The molecule has 0 aliphatic carbocycles. The molecule has 76 valence electrons. The van der Waals surface area contributed by atoms with Gasteiger partial charge >= 0.3 is 0 Å². The first-order valence-corrected chi connectivity index (χ1v) is 4.64. The number of aryl methyl sites for hydroxylation is 1. The normalized spacial score (nSPS) is 9.40. The van der Waals surface area contributed by atoms with E-state index in [4.69, 9.17) is 15.3 Å². The number of rotatable bonds is 3. The second-order valence-electron chi connectivity index (χ2n) is 3.33. The van der Waals surface area contributed by atoms with Crippen molar-refractivity contribution in [3.63, 3.8) is 0 Å². The van der Waals surface area contributed by atoms with Gasteiger partial charge in [-0.3, -0.25) is 0 Å². The summed E-state index contributed by atoms with van der Waals surface area (Å²) in [5.74, 6) is 0.122. The van der Waals surface area contributed by atoms with E-state index in [9.17, 15) is 0 Å². The monoisotopic (exact) mass is 200 g/mol. The molecule has 3 heteroatoms. The highest BCUT2D eigenvalue weighted by Gasteiger charge is 2.11. The van der Waals surface area contributed by atoms with Crippen molar-refractivity contribution in [2.45, 2.75) is 13.3 Å². The third-order valence-electron chi connectivity index (χ3n) is 2.17. The average molecular weight is 200 g/mol. The van der Waals surface area contributed by atoms with Gasteiger partial charge in [0.25, 0.3) is 0 Å². The molecule has 0 atom stereocenters. The van der Waals surface area contributed by atoms with E-state index in [1.54, 1.807) is 7.11 Å². The summed E-state index contributed by atoms with van der Waals surface area (Å²) >= 11 is 0. The summed E-state index contributed by atoms with van der Waals surface area (Å²) in [5, 5.41) is 17.4. The van der Waals surface area contributed by atoms with Crippen molar-refractivity contribution in [2.75, 3.05) is 7.11 Å². The predicted octanol–water partition coefficient (Wildman–Crippen LogP) is 2.21. The van der Waals surface area contributed by atoms with E-state index >= 15 is 0 Å². The maximum Gasteiger partial charge on any atom is 0.137 e. The zero-order chi connectivity index (χ0) is 11.3. The highest BCUT2D eigenvalue weighted by molar-refractivity contribution is 5.38. The lowest BCUT2D eigenvalue weighted by Crippen LogP contribution is -2.01. The molecule has 0 amide bonds. The van der Waals surface area contributed by atoms with E-state index in [0.29, 0.717) is 6.42 Å². The SMILES string of the molecule is COc1ccc(C)cc1CC(C#N)C#N. The van der Waals surface area contributed by atoms with Crippen LogP contribution in [0, 0.1) is 35.5 Å². The van der Waals surface area contributed by atoms with Crippen LogP contribution < -0.4 is 4.74 Å². The van der Waals surface area contributed by atoms with Gasteiger partial charge in [0.05, 0.1) is 19.2 Å². The molecular formula is C12H12N2O. The van der Waals surface area contributed by atoms with Gasteiger partial charge in [-0.1, -0.05) is 17.7 Å². The van der Waals surface area contributed by atoms with Crippen LogP contribution in [0.25, 0.3) is 0 Å². The molecule has 1 rings (SSSR count). The molecule has 0 aliphatic rings. The summed E-state index contributed by atoms with van der Waals surface area (Å²) in [6, 6.07) is 9.65. The number of benzene rings is 1. The molecule has 0 heterocycles. The molecule has 0 unspecified atom stereocenters. The third kappa shape index (κ3) is 2.72. The minimum Gasteiger partial charge on any atom is -0.496 e. The third-order valence-corrected chi connectivity index (χ3v) is 2.17. The second-order valence-corrected chi connectivity index (χ2v) is 3.33. The Morgan fingerprint density at radius 1 is 1.33 bits per heavy atom. The summed E-state index contributed by atoms with van der Waals surface area (Å²) in [5.41, 5.74) is 2.01. The standard InChI is InChI=1S/C12H12N2O/c1-9-3-4-12(15-2)11(5-9)6-10(7-13)8-14/h3-5,10H,6H2,1-2H3. The van der Waals surface area contributed by atoms with Crippen LogP contribution in [0.15, 0.2) is 18.2 Å². The topological polar surface area (TPSA) is 56.8 Å². The number of ether oxygens (including phenoxy) is 1. The van der Waals surface area contributed by atoms with Gasteiger partial charge in [0, 0.05) is 6.42 Å². The highest BCUT2D eigenvalue weighted by atomic mass is 16.5. The molecule has 15 heavy (non-hydrogen) atoms. The van der Waals surface area contributed by atoms with Crippen molar-refractivity contribution >= 4 is 0 Å². The molecule has 0 spiro atoms. The van der Waals surface area contributed by atoms with E-state index in [0.717, 1.165) is 16.9 Å². The maximum atomic E-state index is 8.71. The number of nitrogens with zero attached hydrogens (tertiary/aromatic N) is 2. The first kappa shape index (κ1) is 11.1. The Bertz CT molecular complexity index is 412. The Hall–Kier alpha value is -2.00. The summed E-state index contributed by atoms with van der Waals surface area (Å²) in [4.78, 5) is 0. The van der Waals surface area contributed by atoms with Gasteiger partial charge in [-0.2, -0.15) is 10.5 Å². The molecule has 1 aromatic rings. The fraction of sp³-hybridized carbons (Fsp3) is 0.333. The van der Waals surface area contributed by atoms with Crippen LogP contribution in [0.1, 0.15) is 11.1 Å². The smallest absolute Gasteiger partial charge is 0.137 e. The lowest BCUT2D eigenvalue weighted by molar-refractivity contribution is 0.408. The number of hydrogen-bond donors (Lipinski definition) is 0. The first-order valence-electron chi connectivity index (χ1n) is 4.64. The Morgan fingerprint density at radius 3 is 2.53 bits per heavy atom. The van der Waals surface area contributed by atoms with Crippen LogP contribution in [0.5, 0.6) is 5.75 Å². The van der Waals surface area contributed by atoms with Crippen molar-refractivity contribution in [1.29, 1.82) is 10.5 Å². The summed E-state index contributed by atoms with van der Waals surface area (Å²) in [6.45, 7) is 1.97. The largest absolute Gasteiger partial charge is 0.496 e. The maximum absolute atomic E-state index is 8.71. The van der Waals surface area contributed by atoms with Gasteiger partial charge in [-0.05, 0) is 18.6 Å². The van der Waals surface area contributed by atoms with Crippen molar-refractivity contribution < 1.29 is 4.74 Å². The van der Waals surface area contributed by atoms with E-state index < -0.39 is 5.92 Å². The summed E-state index contributed by atoms with van der Waals surface area (Å²) in [7, 11) is 1.59. The molecule has 1 aromatic carbocycles. The molecule has 3 nitrogen and oxygen atoms in total. The predicted molar refractivity (Wildman–Crippen MR) is 56.2 cm³/mol. The molecule has 0 fully saturated rings. The van der Waals surface area contributed by atoms with Gasteiger partial charge in [0.2, 0.25) is 0 Å². The Morgan fingerprint density at radius 2 is 2.00 bits per heavy atom. The van der Waals surface area contributed by atoms with Crippen LogP contribution in [0.4, 0.5) is 0 Å². The molecule has 0 aromatic heterocycles. The van der Waals surface area contributed by atoms with Crippen LogP contribution in [-0.2, 0) is 6.42 Å². The van der Waals surface area contributed by atoms with Crippen LogP contribution in [0.3, 0.4) is 0 Å². The lowest BCUT2D eigenvalue weighted by Gasteiger charge is -2.09. The molecule has 0 radical (unpaired) electrons. The Balaban J connectivity index is 2.98. The van der Waals surface area contributed by atoms with Gasteiger partial charge in [-0.15, -0.1) is 0 Å². The zero-order valence-corrected chi connectivity index (χ0v) is 8.82. The zero-order valence-electron chi connectivity index (χ0n) is 8.82. The lowest BCUT2D eigenvalue weighted by atomic mass is 9.99. The number of hydrogen-bond acceptors (Lipinski definition) is 3. The van der Waals surface area contributed by atoms with Gasteiger partial charge in [-0.25, -0.2) is 0 Å². The van der Waals surface area contributed by atoms with Gasteiger partial charge in [0.15, 0.2) is 0 Å². The molecule has 0 N–H and O–H groups in total. The quantitative estimate of drug-likeness (QED) is 0.751. The fourth-order valence-electron chi connectivity index (χ4n) is 1.41. The average Bonchev–Trinajstić information content (AvgIpc) is 2.26. The minimum absolute atomic E-state index is 0.415. The molecular weight excluding hydrogens is 188 g/mol. The molecule has 0 saturated heterocycles. The van der Waals surface area contributed by atoms with Crippen LogP contribution in [-0.4, -0.2) is 7.11 Å². The highest BCUT2D eigenvalue weighted by Crippen LogP contribution is 2.22. The van der Waals surface area contributed by atoms with E-state index in [2.05, 4.69) is 0 Å². The Labute approximate surface area is 89.5 Å². The van der Waals surface area contributed by atoms with Crippen LogP contribution in [0.2, 0.25) is 0 Å². The number of methoxy groups -OCH3 is 1. The molecule has 0 saturated carbocycles.